The van der Waals surface area contributed by atoms with Crippen LogP contribution in [-0.2, 0) is 14.4 Å². The van der Waals surface area contributed by atoms with Crippen molar-refractivity contribution in [3.8, 4) is 0 Å². The quantitative estimate of drug-likeness (QED) is 0.601. The third-order valence-electron chi connectivity index (χ3n) is 6.19. The summed E-state index contributed by atoms with van der Waals surface area (Å²) in [5.41, 5.74) is -0.860. The standard InChI is InChI=1S/C19H31N5O4/c1-4-22(5-2)15(25)12-21-8-10-23(11-9-21)16(26)13-24-17(27)19(3,14-6-7-14)20-18(24)28/h14H,4-13H2,1-3H3,(H,20,28). The second kappa shape index (κ2) is 8.06. The van der Waals surface area contributed by atoms with Crippen LogP contribution in [0.2, 0.25) is 0 Å². The second-order valence-electron chi connectivity index (χ2n) is 8.02. The fourth-order valence-corrected chi connectivity index (χ4v) is 4.05. The van der Waals surface area contributed by atoms with E-state index < -0.39 is 11.6 Å². The van der Waals surface area contributed by atoms with Crippen molar-refractivity contribution >= 4 is 23.8 Å². The third kappa shape index (κ3) is 3.99. The minimum absolute atomic E-state index is 0.100. The predicted molar refractivity (Wildman–Crippen MR) is 102 cm³/mol. The number of rotatable bonds is 7. The summed E-state index contributed by atoms with van der Waals surface area (Å²) in [6.45, 7) is 9.41. The zero-order valence-electron chi connectivity index (χ0n) is 17.1. The molecule has 0 aromatic heterocycles. The van der Waals surface area contributed by atoms with E-state index in [0.29, 0.717) is 45.8 Å². The molecule has 2 aliphatic heterocycles. The first-order chi connectivity index (χ1) is 13.3. The van der Waals surface area contributed by atoms with Gasteiger partial charge in [-0.25, -0.2) is 4.79 Å². The van der Waals surface area contributed by atoms with E-state index in [1.807, 2.05) is 18.7 Å². The average molecular weight is 393 g/mol. The molecule has 0 aromatic rings. The molecule has 1 unspecified atom stereocenters. The molecule has 0 aromatic carbocycles. The maximum atomic E-state index is 12.7. The van der Waals surface area contributed by atoms with Gasteiger partial charge in [-0.05, 0) is 39.5 Å². The molecule has 156 valence electrons. The van der Waals surface area contributed by atoms with Crippen LogP contribution >= 0.6 is 0 Å². The molecule has 0 spiro atoms. The topological polar surface area (TPSA) is 93.3 Å². The van der Waals surface area contributed by atoms with Crippen LogP contribution in [0.1, 0.15) is 33.6 Å². The summed E-state index contributed by atoms with van der Waals surface area (Å²) in [6, 6.07) is -0.476. The number of carbonyl (C=O) groups is 4. The van der Waals surface area contributed by atoms with Crippen molar-refractivity contribution < 1.29 is 19.2 Å². The number of nitrogens with zero attached hydrogens (tertiary/aromatic N) is 4. The molecule has 1 N–H and O–H groups in total. The average Bonchev–Trinajstić information content (AvgIpc) is 3.49. The van der Waals surface area contributed by atoms with Crippen LogP contribution in [0.25, 0.3) is 0 Å². The van der Waals surface area contributed by atoms with E-state index >= 15 is 0 Å². The van der Waals surface area contributed by atoms with Gasteiger partial charge in [-0.15, -0.1) is 0 Å². The van der Waals surface area contributed by atoms with Crippen LogP contribution in [-0.4, -0.2) is 101 Å². The van der Waals surface area contributed by atoms with Gasteiger partial charge in [-0.1, -0.05) is 0 Å². The van der Waals surface area contributed by atoms with Gasteiger partial charge in [-0.3, -0.25) is 24.2 Å². The lowest BCUT2D eigenvalue weighted by molar-refractivity contribution is -0.140. The number of piperazine rings is 1. The van der Waals surface area contributed by atoms with Crippen molar-refractivity contribution in [1.29, 1.82) is 0 Å². The van der Waals surface area contributed by atoms with Crippen LogP contribution in [0.5, 0.6) is 0 Å². The zero-order valence-corrected chi connectivity index (χ0v) is 17.1. The highest BCUT2D eigenvalue weighted by Gasteiger charge is 2.56. The van der Waals surface area contributed by atoms with Crippen molar-refractivity contribution in [3.63, 3.8) is 0 Å². The van der Waals surface area contributed by atoms with Crippen LogP contribution in [0.4, 0.5) is 4.79 Å². The number of imide groups is 1. The Hall–Kier alpha value is -2.16. The highest BCUT2D eigenvalue weighted by Crippen LogP contribution is 2.42. The lowest BCUT2D eigenvalue weighted by Gasteiger charge is -2.35. The first-order valence-electron chi connectivity index (χ1n) is 10.2. The molecule has 3 fully saturated rings. The second-order valence-corrected chi connectivity index (χ2v) is 8.02. The van der Waals surface area contributed by atoms with E-state index in [1.165, 1.54) is 0 Å². The van der Waals surface area contributed by atoms with Gasteiger partial charge >= 0.3 is 6.03 Å². The van der Waals surface area contributed by atoms with Gasteiger partial charge in [0, 0.05) is 39.3 Å². The Morgan fingerprint density at radius 1 is 1.07 bits per heavy atom. The number of urea groups is 1. The molecular formula is C19H31N5O4. The van der Waals surface area contributed by atoms with E-state index in [2.05, 4.69) is 5.32 Å². The molecule has 5 amide bonds. The van der Waals surface area contributed by atoms with Crippen molar-refractivity contribution in [2.24, 2.45) is 5.92 Å². The van der Waals surface area contributed by atoms with E-state index in [1.54, 1.807) is 16.7 Å². The highest BCUT2D eigenvalue weighted by molar-refractivity contribution is 6.09. The van der Waals surface area contributed by atoms with Crippen molar-refractivity contribution in [3.05, 3.63) is 0 Å². The van der Waals surface area contributed by atoms with E-state index in [0.717, 1.165) is 17.7 Å². The van der Waals surface area contributed by atoms with Gasteiger partial charge < -0.3 is 15.1 Å². The van der Waals surface area contributed by atoms with E-state index in [4.69, 9.17) is 0 Å². The first kappa shape index (κ1) is 20.6. The Morgan fingerprint density at radius 3 is 2.21 bits per heavy atom. The third-order valence-corrected chi connectivity index (χ3v) is 6.19. The molecular weight excluding hydrogens is 362 g/mol. The van der Waals surface area contributed by atoms with Crippen LogP contribution < -0.4 is 5.32 Å². The lowest BCUT2D eigenvalue weighted by Crippen LogP contribution is -2.54. The highest BCUT2D eigenvalue weighted by atomic mass is 16.2. The number of amides is 5. The Labute approximate surface area is 166 Å². The molecule has 0 radical (unpaired) electrons. The smallest absolute Gasteiger partial charge is 0.325 e. The molecule has 3 aliphatic rings. The Balaban J connectivity index is 1.48. The molecule has 3 rings (SSSR count). The van der Waals surface area contributed by atoms with E-state index in [9.17, 15) is 19.2 Å². The van der Waals surface area contributed by atoms with Crippen LogP contribution in [0.15, 0.2) is 0 Å². The molecule has 0 bridgehead atoms. The summed E-state index contributed by atoms with van der Waals surface area (Å²) in [7, 11) is 0. The van der Waals surface area contributed by atoms with Crippen LogP contribution in [0, 0.1) is 5.92 Å². The molecule has 28 heavy (non-hydrogen) atoms. The molecule has 9 heteroatoms. The maximum absolute atomic E-state index is 12.7. The van der Waals surface area contributed by atoms with Gasteiger partial charge in [-0.2, -0.15) is 0 Å². The number of carbonyl (C=O) groups excluding carboxylic acids is 4. The summed E-state index contributed by atoms with van der Waals surface area (Å²) in [4.78, 5) is 56.3. The summed E-state index contributed by atoms with van der Waals surface area (Å²) < 4.78 is 0. The normalized spacial score (nSPS) is 25.8. The SMILES string of the molecule is CCN(CC)C(=O)CN1CCN(C(=O)CN2C(=O)NC(C)(C3CC3)C2=O)CC1. The maximum Gasteiger partial charge on any atom is 0.325 e. The van der Waals surface area contributed by atoms with Gasteiger partial charge in [0.25, 0.3) is 5.91 Å². The number of likely N-dealkylation sites (N-methyl/N-ethyl adjacent to an activating group) is 1. The van der Waals surface area contributed by atoms with Gasteiger partial charge in [0.2, 0.25) is 11.8 Å². The Kier molecular flexibility index (Phi) is 5.92. The van der Waals surface area contributed by atoms with Gasteiger partial charge in [0.05, 0.1) is 6.54 Å². The monoisotopic (exact) mass is 393 g/mol. The van der Waals surface area contributed by atoms with Crippen molar-refractivity contribution in [2.75, 3.05) is 52.4 Å². The molecule has 9 nitrogen and oxygen atoms in total. The lowest BCUT2D eigenvalue weighted by atomic mass is 9.96. The molecule has 1 atom stereocenters. The Morgan fingerprint density at radius 2 is 1.68 bits per heavy atom. The fraction of sp³-hybridized carbons (Fsp3) is 0.789. The fourth-order valence-electron chi connectivity index (χ4n) is 4.05. The predicted octanol–water partition coefficient (Wildman–Crippen LogP) is -0.280. The molecule has 1 aliphatic carbocycles. The van der Waals surface area contributed by atoms with Crippen LogP contribution in [0.3, 0.4) is 0 Å². The largest absolute Gasteiger partial charge is 0.342 e. The summed E-state index contributed by atoms with van der Waals surface area (Å²) >= 11 is 0. The van der Waals surface area contributed by atoms with Gasteiger partial charge in [0.15, 0.2) is 0 Å². The van der Waals surface area contributed by atoms with Gasteiger partial charge in [0.1, 0.15) is 12.1 Å². The number of nitrogens with one attached hydrogen (secondary N) is 1. The molecule has 1 saturated carbocycles. The first-order valence-corrected chi connectivity index (χ1v) is 10.2. The number of hydrogen-bond donors (Lipinski definition) is 1. The number of hydrogen-bond acceptors (Lipinski definition) is 5. The summed E-state index contributed by atoms with van der Waals surface area (Å²) in [6.07, 6.45) is 1.86. The van der Waals surface area contributed by atoms with E-state index in [-0.39, 0.29) is 30.2 Å². The summed E-state index contributed by atoms with van der Waals surface area (Å²) in [5, 5.41) is 2.77. The molecule has 2 heterocycles. The minimum atomic E-state index is -0.860. The zero-order chi connectivity index (χ0) is 20.5. The summed E-state index contributed by atoms with van der Waals surface area (Å²) in [5.74, 6) is -0.241. The molecule has 2 saturated heterocycles. The Bertz CT molecular complexity index is 653. The minimum Gasteiger partial charge on any atom is -0.342 e. The van der Waals surface area contributed by atoms with Crippen molar-refractivity contribution in [2.45, 2.75) is 39.2 Å². The van der Waals surface area contributed by atoms with Crippen molar-refractivity contribution in [1.82, 2.24) is 24.9 Å².